The molecule has 3 heteroatoms. The van der Waals surface area contributed by atoms with E-state index in [-0.39, 0.29) is 17.2 Å². The van der Waals surface area contributed by atoms with Crippen LogP contribution in [0.15, 0.2) is 18.2 Å². The first-order chi connectivity index (χ1) is 9.83. The molecule has 0 aromatic heterocycles. The number of hydrogen-bond acceptors (Lipinski definition) is 3. The maximum atomic E-state index is 12.0. The van der Waals surface area contributed by atoms with Crippen molar-refractivity contribution in [3.05, 3.63) is 29.3 Å². The third kappa shape index (κ3) is 5.16. The number of ether oxygens (including phenoxy) is 1. The maximum absolute atomic E-state index is 12.0. The fraction of sp³-hybridized carbons (Fsp3) is 0.611. The number of hydrogen-bond donors (Lipinski definition) is 1. The number of benzene rings is 1. The molecule has 1 aliphatic heterocycles. The van der Waals surface area contributed by atoms with Crippen molar-refractivity contribution in [2.24, 2.45) is 11.1 Å². The molecule has 0 radical (unpaired) electrons. The summed E-state index contributed by atoms with van der Waals surface area (Å²) in [5.41, 5.74) is 8.73. The summed E-state index contributed by atoms with van der Waals surface area (Å²) >= 11 is 0. The molecule has 21 heavy (non-hydrogen) atoms. The van der Waals surface area contributed by atoms with Crippen LogP contribution in [0.25, 0.3) is 0 Å². The van der Waals surface area contributed by atoms with Crippen LogP contribution in [-0.4, -0.2) is 18.4 Å². The molecule has 0 spiro atoms. The lowest BCUT2D eigenvalue weighted by molar-refractivity contribution is -0.119. The van der Waals surface area contributed by atoms with Crippen molar-refractivity contribution in [1.82, 2.24) is 0 Å². The van der Waals surface area contributed by atoms with Crippen molar-refractivity contribution in [3.63, 3.8) is 0 Å². The lowest BCUT2D eigenvalue weighted by atomic mass is 9.86. The van der Waals surface area contributed by atoms with Crippen molar-refractivity contribution < 1.29 is 9.53 Å². The zero-order valence-corrected chi connectivity index (χ0v) is 13.4. The van der Waals surface area contributed by atoms with Crippen LogP contribution < -0.4 is 10.5 Å². The molecule has 3 nitrogen and oxygen atoms in total. The van der Waals surface area contributed by atoms with Gasteiger partial charge in [-0.3, -0.25) is 4.79 Å². The smallest absolute Gasteiger partial charge is 0.134 e. The van der Waals surface area contributed by atoms with E-state index in [2.05, 4.69) is 32.9 Å². The summed E-state index contributed by atoms with van der Waals surface area (Å²) in [6.07, 6.45) is 3.74. The predicted octanol–water partition coefficient (Wildman–Crippen LogP) is 3.28. The number of rotatable bonds is 6. The van der Waals surface area contributed by atoms with Crippen LogP contribution >= 0.6 is 0 Å². The van der Waals surface area contributed by atoms with Gasteiger partial charge in [-0.05, 0) is 35.4 Å². The number of Topliss-reactive ketones (excluding diaryl/α,β-unsaturated/α-hetero) is 1. The second-order valence-corrected chi connectivity index (χ2v) is 7.31. The Morgan fingerprint density at radius 2 is 2.14 bits per heavy atom. The number of nitrogens with two attached hydrogens (primary N) is 1. The number of ketones is 1. The molecular formula is C18H27NO2. The molecule has 0 fully saturated rings. The Hall–Kier alpha value is -1.35. The topological polar surface area (TPSA) is 52.3 Å². The largest absolute Gasteiger partial charge is 0.493 e. The van der Waals surface area contributed by atoms with Gasteiger partial charge in [0.1, 0.15) is 11.5 Å². The average Bonchev–Trinajstić information content (AvgIpc) is 2.81. The molecule has 2 N–H and O–H groups in total. The van der Waals surface area contributed by atoms with Crippen LogP contribution in [0.3, 0.4) is 0 Å². The molecule has 1 atom stereocenters. The third-order valence-electron chi connectivity index (χ3n) is 3.81. The quantitative estimate of drug-likeness (QED) is 0.874. The van der Waals surface area contributed by atoms with E-state index in [0.29, 0.717) is 12.8 Å². The highest BCUT2D eigenvalue weighted by molar-refractivity contribution is 5.79. The molecule has 1 aromatic rings. The van der Waals surface area contributed by atoms with Gasteiger partial charge in [0.05, 0.1) is 6.61 Å². The van der Waals surface area contributed by atoms with Crippen LogP contribution in [0.4, 0.5) is 0 Å². The minimum atomic E-state index is -0.0223. The van der Waals surface area contributed by atoms with E-state index in [1.807, 2.05) is 6.07 Å². The highest BCUT2D eigenvalue weighted by Crippen LogP contribution is 2.26. The highest BCUT2D eigenvalue weighted by atomic mass is 16.5. The van der Waals surface area contributed by atoms with E-state index in [1.165, 1.54) is 11.1 Å². The van der Waals surface area contributed by atoms with Gasteiger partial charge in [0.2, 0.25) is 0 Å². The summed E-state index contributed by atoms with van der Waals surface area (Å²) in [5.74, 6) is 1.26. The summed E-state index contributed by atoms with van der Waals surface area (Å²) in [5, 5.41) is 0. The fourth-order valence-corrected chi connectivity index (χ4v) is 2.93. The number of carbonyl (C=O) groups is 1. The summed E-state index contributed by atoms with van der Waals surface area (Å²) in [4.78, 5) is 12.0. The molecule has 1 aromatic carbocycles. The second-order valence-electron chi connectivity index (χ2n) is 7.31. The zero-order chi connectivity index (χ0) is 15.5. The van der Waals surface area contributed by atoms with Crippen molar-refractivity contribution >= 4 is 5.78 Å². The summed E-state index contributed by atoms with van der Waals surface area (Å²) in [6, 6.07) is 6.23. The average molecular weight is 289 g/mol. The Morgan fingerprint density at radius 3 is 2.86 bits per heavy atom. The van der Waals surface area contributed by atoms with E-state index in [0.717, 1.165) is 31.6 Å². The Bertz CT molecular complexity index is 502. The van der Waals surface area contributed by atoms with Gasteiger partial charge in [-0.25, -0.2) is 0 Å². The van der Waals surface area contributed by atoms with E-state index >= 15 is 0 Å². The predicted molar refractivity (Wildman–Crippen MR) is 85.6 cm³/mol. The lowest BCUT2D eigenvalue weighted by Crippen LogP contribution is -2.29. The third-order valence-corrected chi connectivity index (χ3v) is 3.81. The van der Waals surface area contributed by atoms with Gasteiger partial charge in [-0.2, -0.15) is 0 Å². The Morgan fingerprint density at radius 1 is 1.38 bits per heavy atom. The molecule has 0 saturated heterocycles. The minimum absolute atomic E-state index is 0.0223. The molecule has 116 valence electrons. The first-order valence-electron chi connectivity index (χ1n) is 7.85. The van der Waals surface area contributed by atoms with Gasteiger partial charge in [-0.15, -0.1) is 0 Å². The van der Waals surface area contributed by atoms with E-state index in [1.54, 1.807) is 0 Å². The molecule has 2 rings (SSSR count). The summed E-state index contributed by atoms with van der Waals surface area (Å²) < 4.78 is 5.49. The number of fused-ring (bicyclic) bond motifs is 1. The standard InChI is InChI=1S/C18H27NO2/c1-18(2,3)12-15(19)11-16(20)6-4-13-5-7-17-14(10-13)8-9-21-17/h5,7,10,15H,4,6,8-9,11-12,19H2,1-3H3. The van der Waals surface area contributed by atoms with Gasteiger partial charge >= 0.3 is 0 Å². The molecule has 0 bridgehead atoms. The van der Waals surface area contributed by atoms with Gasteiger partial charge in [0.25, 0.3) is 0 Å². The molecular weight excluding hydrogens is 262 g/mol. The van der Waals surface area contributed by atoms with Crippen molar-refractivity contribution in [1.29, 1.82) is 0 Å². The fourth-order valence-electron chi connectivity index (χ4n) is 2.93. The number of aryl methyl sites for hydroxylation is 1. The normalized spacial score (nSPS) is 15.4. The molecule has 1 aliphatic rings. The molecule has 0 saturated carbocycles. The lowest BCUT2D eigenvalue weighted by Gasteiger charge is -2.22. The first kappa shape index (κ1) is 16.0. The summed E-state index contributed by atoms with van der Waals surface area (Å²) in [6.45, 7) is 7.25. The Balaban J connectivity index is 1.79. The molecule has 1 heterocycles. The minimum Gasteiger partial charge on any atom is -0.493 e. The van der Waals surface area contributed by atoms with Crippen LogP contribution in [0.5, 0.6) is 5.75 Å². The monoisotopic (exact) mass is 289 g/mol. The van der Waals surface area contributed by atoms with E-state index in [9.17, 15) is 4.79 Å². The van der Waals surface area contributed by atoms with Gasteiger partial charge in [-0.1, -0.05) is 32.9 Å². The molecule has 0 aliphatic carbocycles. The van der Waals surface area contributed by atoms with Crippen molar-refractivity contribution in [2.45, 2.75) is 58.9 Å². The Kier molecular flexibility index (Phi) is 5.04. The van der Waals surface area contributed by atoms with Gasteiger partial charge < -0.3 is 10.5 Å². The molecule has 1 unspecified atom stereocenters. The summed E-state index contributed by atoms with van der Waals surface area (Å²) in [7, 11) is 0. The zero-order valence-electron chi connectivity index (χ0n) is 13.4. The van der Waals surface area contributed by atoms with Gasteiger partial charge in [0.15, 0.2) is 0 Å². The Labute approximate surface area is 127 Å². The maximum Gasteiger partial charge on any atom is 0.134 e. The SMILES string of the molecule is CC(C)(C)CC(N)CC(=O)CCc1ccc2c(c1)CCO2. The highest BCUT2D eigenvalue weighted by Gasteiger charge is 2.18. The van der Waals surface area contributed by atoms with Crippen molar-refractivity contribution in [2.75, 3.05) is 6.61 Å². The van der Waals surface area contributed by atoms with E-state index in [4.69, 9.17) is 10.5 Å². The van der Waals surface area contributed by atoms with Crippen LogP contribution in [-0.2, 0) is 17.6 Å². The second kappa shape index (κ2) is 6.61. The van der Waals surface area contributed by atoms with Crippen LogP contribution in [0.1, 0.15) is 51.2 Å². The van der Waals surface area contributed by atoms with Crippen LogP contribution in [0, 0.1) is 5.41 Å². The van der Waals surface area contributed by atoms with E-state index < -0.39 is 0 Å². The van der Waals surface area contributed by atoms with Crippen molar-refractivity contribution in [3.8, 4) is 5.75 Å². The van der Waals surface area contributed by atoms with Crippen LogP contribution in [0.2, 0.25) is 0 Å². The molecule has 0 amide bonds. The number of carbonyl (C=O) groups excluding carboxylic acids is 1. The van der Waals surface area contributed by atoms with Gasteiger partial charge in [0, 0.05) is 25.3 Å². The first-order valence-corrected chi connectivity index (χ1v) is 7.85.